The molecule has 0 unspecified atom stereocenters. The van der Waals surface area contributed by atoms with Gasteiger partial charge in [-0.15, -0.1) is 5.46 Å². The van der Waals surface area contributed by atoms with Gasteiger partial charge in [0.05, 0.1) is 5.75 Å². The van der Waals surface area contributed by atoms with Crippen LogP contribution in [0.15, 0.2) is 24.3 Å². The number of benzene rings is 1. The summed E-state index contributed by atoms with van der Waals surface area (Å²) in [4.78, 5) is 0. The molecule has 1 rings (SSSR count). The van der Waals surface area contributed by atoms with Crippen molar-refractivity contribution in [3.8, 4) is 0 Å². The second-order valence-corrected chi connectivity index (χ2v) is 5.53. The van der Waals surface area contributed by atoms with Crippen LogP contribution in [0.5, 0.6) is 0 Å². The van der Waals surface area contributed by atoms with Crippen molar-refractivity contribution in [2.45, 2.75) is 5.75 Å². The highest BCUT2D eigenvalue weighted by Crippen LogP contribution is 2.10. The Bertz CT molecular complexity index is 436. The third kappa shape index (κ3) is 3.95. The summed E-state index contributed by atoms with van der Waals surface area (Å²) >= 11 is 0. The first-order valence-electron chi connectivity index (χ1n) is 4.15. The zero-order valence-electron chi connectivity index (χ0n) is 7.95. The molecule has 0 aliphatic rings. The van der Waals surface area contributed by atoms with E-state index in [1.165, 1.54) is 12.1 Å². The van der Waals surface area contributed by atoms with Crippen molar-refractivity contribution < 1.29 is 21.4 Å². The third-order valence-corrected chi connectivity index (χ3v) is 2.64. The van der Waals surface area contributed by atoms with Gasteiger partial charge in [0.1, 0.15) is 0 Å². The lowest BCUT2D eigenvalue weighted by Crippen LogP contribution is -2.33. The largest absolute Gasteiger partial charge is 0.509 e. The normalized spacial score (nSPS) is 12.8. The summed E-state index contributed by atoms with van der Waals surface area (Å²) in [5.74, 6) is -0.238. The molecular weight excluding hydrogens is 228 g/mol. The quantitative estimate of drug-likeness (QED) is 0.742. The van der Waals surface area contributed by atoms with Crippen LogP contribution in [0.4, 0.5) is 12.9 Å². The number of hydrogen-bond acceptors (Lipinski definition) is 2. The topological polar surface area (TPSA) is 34.1 Å². The molecule has 0 N–H and O–H groups in total. The predicted molar refractivity (Wildman–Crippen MR) is 53.7 cm³/mol. The van der Waals surface area contributed by atoms with Crippen molar-refractivity contribution in [3.63, 3.8) is 0 Å². The van der Waals surface area contributed by atoms with Gasteiger partial charge >= 0.3 is 6.98 Å². The van der Waals surface area contributed by atoms with Gasteiger partial charge in [0.15, 0.2) is 9.84 Å². The van der Waals surface area contributed by atoms with Gasteiger partial charge in [-0.2, -0.15) is 0 Å². The molecule has 1 aromatic carbocycles. The Morgan fingerprint density at radius 1 is 1.13 bits per heavy atom. The van der Waals surface area contributed by atoms with Gasteiger partial charge in [-0.3, -0.25) is 0 Å². The predicted octanol–water partition coefficient (Wildman–Crippen LogP) is 1.29. The van der Waals surface area contributed by atoms with Crippen LogP contribution in [0.3, 0.4) is 0 Å². The summed E-state index contributed by atoms with van der Waals surface area (Å²) in [6.45, 7) is -5.01. The molecular formula is C8H9BF3O2S-. The van der Waals surface area contributed by atoms with Gasteiger partial charge in [-0.1, -0.05) is 24.3 Å². The van der Waals surface area contributed by atoms with Crippen LogP contribution in [-0.2, 0) is 15.6 Å². The first-order valence-corrected chi connectivity index (χ1v) is 6.21. The van der Waals surface area contributed by atoms with Crippen LogP contribution in [0.1, 0.15) is 5.56 Å². The SMILES string of the molecule is CS(=O)(=O)Cc1ccc([B-](F)(F)F)cc1. The Labute approximate surface area is 86.1 Å². The third-order valence-electron chi connectivity index (χ3n) is 1.79. The lowest BCUT2D eigenvalue weighted by Gasteiger charge is -2.14. The highest BCUT2D eigenvalue weighted by atomic mass is 32.2. The van der Waals surface area contributed by atoms with Gasteiger partial charge in [-0.25, -0.2) is 8.42 Å². The fourth-order valence-corrected chi connectivity index (χ4v) is 1.93. The van der Waals surface area contributed by atoms with Crippen molar-refractivity contribution in [3.05, 3.63) is 29.8 Å². The lowest BCUT2D eigenvalue weighted by atomic mass is 9.80. The highest BCUT2D eigenvalue weighted by molar-refractivity contribution is 7.89. The van der Waals surface area contributed by atoms with E-state index in [2.05, 4.69) is 0 Å². The van der Waals surface area contributed by atoms with E-state index >= 15 is 0 Å². The molecule has 15 heavy (non-hydrogen) atoms. The molecule has 0 aromatic heterocycles. The number of rotatable bonds is 3. The minimum Gasteiger partial charge on any atom is -0.445 e. The maximum atomic E-state index is 12.2. The molecule has 0 heterocycles. The average Bonchev–Trinajstić information content (AvgIpc) is 2.00. The zero-order chi connectivity index (χ0) is 11.7. The van der Waals surface area contributed by atoms with Gasteiger partial charge in [0.2, 0.25) is 0 Å². The van der Waals surface area contributed by atoms with E-state index in [0.717, 1.165) is 18.4 Å². The van der Waals surface area contributed by atoms with Gasteiger partial charge in [-0.05, 0) is 5.56 Å². The van der Waals surface area contributed by atoms with Crippen LogP contribution in [0.2, 0.25) is 0 Å². The molecule has 0 fully saturated rings. The van der Waals surface area contributed by atoms with Crippen molar-refractivity contribution in [2.24, 2.45) is 0 Å². The first-order chi connectivity index (χ1) is 6.68. The van der Waals surface area contributed by atoms with Crippen molar-refractivity contribution >= 4 is 22.3 Å². The van der Waals surface area contributed by atoms with E-state index in [4.69, 9.17) is 0 Å². The minimum absolute atomic E-state index is 0.238. The maximum absolute atomic E-state index is 12.2. The summed E-state index contributed by atoms with van der Waals surface area (Å²) in [7, 11) is -3.20. The van der Waals surface area contributed by atoms with Crippen LogP contribution < -0.4 is 5.46 Å². The Kier molecular flexibility index (Phi) is 3.13. The van der Waals surface area contributed by atoms with Gasteiger partial charge < -0.3 is 12.9 Å². The number of hydrogen-bond donors (Lipinski definition) is 0. The summed E-state index contributed by atoms with van der Waals surface area (Å²) in [6.07, 6.45) is 1.04. The molecule has 0 spiro atoms. The van der Waals surface area contributed by atoms with E-state index < -0.39 is 22.3 Å². The van der Waals surface area contributed by atoms with Crippen LogP contribution in [0.25, 0.3) is 0 Å². The molecule has 0 aliphatic heterocycles. The van der Waals surface area contributed by atoms with E-state index in [1.807, 2.05) is 0 Å². The molecule has 0 amide bonds. The second kappa shape index (κ2) is 3.88. The van der Waals surface area contributed by atoms with Crippen molar-refractivity contribution in [1.82, 2.24) is 0 Å². The van der Waals surface area contributed by atoms with Crippen LogP contribution in [-0.4, -0.2) is 21.7 Å². The molecule has 0 saturated carbocycles. The zero-order valence-corrected chi connectivity index (χ0v) is 8.77. The van der Waals surface area contributed by atoms with Crippen molar-refractivity contribution in [1.29, 1.82) is 0 Å². The molecule has 0 aliphatic carbocycles. The van der Waals surface area contributed by atoms with Gasteiger partial charge in [0, 0.05) is 6.26 Å². The van der Waals surface area contributed by atoms with Crippen LogP contribution in [0, 0.1) is 0 Å². The summed E-state index contributed by atoms with van der Waals surface area (Å²) in [6, 6.07) is 4.18. The number of sulfone groups is 1. The Morgan fingerprint density at radius 3 is 1.93 bits per heavy atom. The molecule has 1 aromatic rings. The molecule has 0 bridgehead atoms. The minimum atomic E-state index is -5.01. The maximum Gasteiger partial charge on any atom is 0.509 e. The van der Waals surface area contributed by atoms with Crippen molar-refractivity contribution in [2.75, 3.05) is 6.26 Å². The molecule has 2 nitrogen and oxygen atoms in total. The van der Waals surface area contributed by atoms with E-state index in [1.54, 1.807) is 0 Å². The van der Waals surface area contributed by atoms with E-state index in [9.17, 15) is 21.4 Å². The monoisotopic (exact) mass is 237 g/mol. The van der Waals surface area contributed by atoms with E-state index in [0.29, 0.717) is 5.56 Å². The molecule has 0 radical (unpaired) electrons. The van der Waals surface area contributed by atoms with E-state index in [-0.39, 0.29) is 5.75 Å². The summed E-state index contributed by atoms with van der Waals surface area (Å²) in [5.41, 5.74) is -0.353. The highest BCUT2D eigenvalue weighted by Gasteiger charge is 2.24. The number of halogens is 3. The Hall–Kier alpha value is -0.975. The van der Waals surface area contributed by atoms with Gasteiger partial charge in [0.25, 0.3) is 0 Å². The first kappa shape index (κ1) is 12.1. The average molecular weight is 237 g/mol. The Morgan fingerprint density at radius 2 is 1.60 bits per heavy atom. The lowest BCUT2D eigenvalue weighted by molar-refractivity contribution is 0.501. The van der Waals surface area contributed by atoms with Crippen LogP contribution >= 0.6 is 0 Å². The fraction of sp³-hybridized carbons (Fsp3) is 0.250. The molecule has 0 saturated heterocycles. The second-order valence-electron chi connectivity index (χ2n) is 3.39. The Balaban J connectivity index is 2.91. The summed E-state index contributed by atoms with van der Waals surface area (Å²) in [5, 5.41) is 0. The molecule has 0 atom stereocenters. The molecule has 7 heteroatoms. The smallest absolute Gasteiger partial charge is 0.445 e. The summed E-state index contributed by atoms with van der Waals surface area (Å²) < 4.78 is 58.3. The fourth-order valence-electron chi connectivity index (χ4n) is 1.13. The standard InChI is InChI=1S/C8H9BF3O2S/c1-15(13,14)6-7-2-4-8(5-3-7)9(10,11)12/h2-5H,6H2,1H3/q-1. The molecule has 84 valence electrons.